The highest BCUT2D eigenvalue weighted by molar-refractivity contribution is 9.13. The van der Waals surface area contributed by atoms with Crippen LogP contribution in [0.15, 0.2) is 19.8 Å². The van der Waals surface area contributed by atoms with Gasteiger partial charge in [0.2, 0.25) is 5.96 Å². The van der Waals surface area contributed by atoms with E-state index in [0.29, 0.717) is 32.3 Å². The summed E-state index contributed by atoms with van der Waals surface area (Å²) in [5, 5.41) is 5.32. The molecule has 9 heteroatoms. The van der Waals surface area contributed by atoms with Crippen LogP contribution in [0, 0.1) is 0 Å². The van der Waals surface area contributed by atoms with Gasteiger partial charge < -0.3 is 16.0 Å². The van der Waals surface area contributed by atoms with Gasteiger partial charge in [-0.3, -0.25) is 14.9 Å². The summed E-state index contributed by atoms with van der Waals surface area (Å²) in [6, 6.07) is -0.128. The second kappa shape index (κ2) is 4.99. The van der Waals surface area contributed by atoms with Gasteiger partial charge in [-0.25, -0.2) is 4.99 Å². The molecule has 0 saturated heterocycles. The SMILES string of the molecule is CC1C/C(=C2/N=C(N)NC2=O)c2c([nH]c(Br)c2Br)C(=O)N1. The predicted octanol–water partition coefficient (Wildman–Crippen LogP) is 1.22. The molecule has 2 aliphatic rings. The average Bonchev–Trinajstić information content (AvgIpc) is 2.84. The first kappa shape index (κ1) is 14.3. The maximum absolute atomic E-state index is 12.2. The van der Waals surface area contributed by atoms with Crippen molar-refractivity contribution in [1.29, 1.82) is 0 Å². The smallest absolute Gasteiger partial charge is 0.277 e. The minimum Gasteiger partial charge on any atom is -0.369 e. The van der Waals surface area contributed by atoms with Crippen LogP contribution in [0.25, 0.3) is 5.57 Å². The highest BCUT2D eigenvalue weighted by Crippen LogP contribution is 2.39. The number of hydrogen-bond acceptors (Lipinski definition) is 4. The third-order valence-corrected chi connectivity index (χ3v) is 5.21. The normalized spacial score (nSPS) is 25.1. The van der Waals surface area contributed by atoms with E-state index in [-0.39, 0.29) is 29.5 Å². The Morgan fingerprint density at radius 3 is 2.62 bits per heavy atom. The van der Waals surface area contributed by atoms with Crippen molar-refractivity contribution in [3.8, 4) is 0 Å². The van der Waals surface area contributed by atoms with E-state index in [2.05, 4.69) is 52.5 Å². The molecule has 0 fully saturated rings. The molecule has 1 atom stereocenters. The molecule has 0 aromatic carbocycles. The minimum atomic E-state index is -0.362. The topological polar surface area (TPSA) is 112 Å². The lowest BCUT2D eigenvalue weighted by atomic mass is 9.99. The first-order valence-electron chi connectivity index (χ1n) is 6.15. The van der Waals surface area contributed by atoms with Crippen molar-refractivity contribution in [2.75, 3.05) is 0 Å². The summed E-state index contributed by atoms with van der Waals surface area (Å²) in [6.07, 6.45) is 0.473. The van der Waals surface area contributed by atoms with Crippen molar-refractivity contribution < 1.29 is 9.59 Å². The predicted molar refractivity (Wildman–Crippen MR) is 84.4 cm³/mol. The number of rotatable bonds is 0. The molecule has 0 spiro atoms. The number of hydrogen-bond donors (Lipinski definition) is 4. The van der Waals surface area contributed by atoms with Gasteiger partial charge in [0, 0.05) is 11.6 Å². The molecule has 1 aromatic rings. The van der Waals surface area contributed by atoms with Gasteiger partial charge in [0.25, 0.3) is 11.8 Å². The number of carbonyl (C=O) groups excluding carboxylic acids is 2. The molecular formula is C12H11Br2N5O2. The number of carbonyl (C=O) groups is 2. The van der Waals surface area contributed by atoms with E-state index >= 15 is 0 Å². The number of halogens is 2. The van der Waals surface area contributed by atoms with Gasteiger partial charge in [-0.15, -0.1) is 0 Å². The van der Waals surface area contributed by atoms with E-state index in [1.807, 2.05) is 6.92 Å². The summed E-state index contributed by atoms with van der Waals surface area (Å²) in [4.78, 5) is 31.3. The molecule has 21 heavy (non-hydrogen) atoms. The Morgan fingerprint density at radius 2 is 2.00 bits per heavy atom. The van der Waals surface area contributed by atoms with Crippen LogP contribution in [0.3, 0.4) is 0 Å². The van der Waals surface area contributed by atoms with Gasteiger partial charge in [0.1, 0.15) is 11.4 Å². The number of amides is 2. The third-order valence-electron chi connectivity index (χ3n) is 3.29. The zero-order valence-electron chi connectivity index (χ0n) is 10.9. The molecule has 3 rings (SSSR count). The van der Waals surface area contributed by atoms with Crippen LogP contribution in [0.2, 0.25) is 0 Å². The lowest BCUT2D eigenvalue weighted by molar-refractivity contribution is -0.115. The molecule has 0 saturated carbocycles. The van der Waals surface area contributed by atoms with E-state index in [1.54, 1.807) is 0 Å². The molecule has 0 aliphatic carbocycles. The van der Waals surface area contributed by atoms with Crippen LogP contribution in [0.5, 0.6) is 0 Å². The summed E-state index contributed by atoms with van der Waals surface area (Å²) in [7, 11) is 0. The van der Waals surface area contributed by atoms with E-state index in [4.69, 9.17) is 5.73 Å². The average molecular weight is 417 g/mol. The number of aromatic nitrogens is 1. The Labute approximate surface area is 136 Å². The number of nitrogens with one attached hydrogen (secondary N) is 3. The molecule has 0 radical (unpaired) electrons. The molecule has 5 N–H and O–H groups in total. The number of fused-ring (bicyclic) bond motifs is 1. The Kier molecular flexibility index (Phi) is 3.40. The molecular weight excluding hydrogens is 406 g/mol. The Bertz CT molecular complexity index is 734. The van der Waals surface area contributed by atoms with Crippen LogP contribution in [-0.2, 0) is 4.79 Å². The number of aliphatic imine (C=N–C) groups is 1. The monoisotopic (exact) mass is 415 g/mol. The number of nitrogens with two attached hydrogens (primary N) is 1. The Hall–Kier alpha value is -1.61. The van der Waals surface area contributed by atoms with Crippen molar-refractivity contribution in [2.24, 2.45) is 10.7 Å². The molecule has 110 valence electrons. The Balaban J connectivity index is 2.30. The quantitative estimate of drug-likeness (QED) is 0.477. The van der Waals surface area contributed by atoms with Gasteiger partial charge in [-0.1, -0.05) is 0 Å². The van der Waals surface area contributed by atoms with Gasteiger partial charge in [0.05, 0.1) is 9.08 Å². The highest BCUT2D eigenvalue weighted by Gasteiger charge is 2.33. The van der Waals surface area contributed by atoms with Crippen molar-refractivity contribution in [2.45, 2.75) is 19.4 Å². The fourth-order valence-corrected chi connectivity index (χ4v) is 3.38. The van der Waals surface area contributed by atoms with Crippen LogP contribution < -0.4 is 16.4 Å². The van der Waals surface area contributed by atoms with E-state index in [1.165, 1.54) is 0 Å². The van der Waals surface area contributed by atoms with Crippen LogP contribution in [0.4, 0.5) is 0 Å². The fourth-order valence-electron chi connectivity index (χ4n) is 2.45. The van der Waals surface area contributed by atoms with Gasteiger partial charge in [-0.2, -0.15) is 0 Å². The summed E-state index contributed by atoms with van der Waals surface area (Å²) in [5.41, 5.74) is 7.48. The summed E-state index contributed by atoms with van der Waals surface area (Å²) in [6.45, 7) is 1.87. The Morgan fingerprint density at radius 1 is 1.29 bits per heavy atom. The van der Waals surface area contributed by atoms with Crippen molar-refractivity contribution in [1.82, 2.24) is 15.6 Å². The van der Waals surface area contributed by atoms with Crippen molar-refractivity contribution in [3.05, 3.63) is 26.0 Å². The second-order valence-electron chi connectivity index (χ2n) is 4.86. The van der Waals surface area contributed by atoms with Gasteiger partial charge in [0.15, 0.2) is 0 Å². The maximum Gasteiger partial charge on any atom is 0.277 e. The minimum absolute atomic E-state index is 0.0611. The maximum atomic E-state index is 12.2. The first-order valence-corrected chi connectivity index (χ1v) is 7.74. The molecule has 3 heterocycles. The molecule has 2 amide bonds. The standard InChI is InChI=1S/C12H11Br2N5O2/c1-3-2-4(7-10(20)19-12(15)18-7)5-6(13)9(14)17-8(5)11(21)16-3/h3,17H,2H2,1H3,(H,16,21)(H3,15,18,19,20)/b7-4-. The number of guanidine groups is 1. The van der Waals surface area contributed by atoms with Crippen LogP contribution in [0.1, 0.15) is 29.4 Å². The molecule has 1 aromatic heterocycles. The largest absolute Gasteiger partial charge is 0.369 e. The van der Waals surface area contributed by atoms with Gasteiger partial charge >= 0.3 is 0 Å². The lowest BCUT2D eigenvalue weighted by Gasteiger charge is -2.11. The number of nitrogens with zero attached hydrogens (tertiary/aromatic N) is 1. The third kappa shape index (κ3) is 2.30. The lowest BCUT2D eigenvalue weighted by Crippen LogP contribution is -2.31. The van der Waals surface area contributed by atoms with Crippen LogP contribution in [-0.4, -0.2) is 28.8 Å². The van der Waals surface area contributed by atoms with E-state index in [9.17, 15) is 9.59 Å². The van der Waals surface area contributed by atoms with Crippen LogP contribution >= 0.6 is 31.9 Å². The molecule has 0 bridgehead atoms. The molecule has 1 unspecified atom stereocenters. The summed E-state index contributed by atoms with van der Waals surface area (Å²) < 4.78 is 1.31. The van der Waals surface area contributed by atoms with E-state index in [0.717, 1.165) is 0 Å². The summed E-state index contributed by atoms with van der Waals surface area (Å²) in [5.74, 6) is -0.528. The van der Waals surface area contributed by atoms with Gasteiger partial charge in [-0.05, 0) is 50.8 Å². The number of H-pyrrole nitrogens is 1. The highest BCUT2D eigenvalue weighted by atomic mass is 79.9. The zero-order chi connectivity index (χ0) is 15.3. The van der Waals surface area contributed by atoms with E-state index < -0.39 is 0 Å². The molecule has 7 nitrogen and oxygen atoms in total. The number of aromatic amines is 1. The first-order chi connectivity index (χ1) is 9.88. The zero-order valence-corrected chi connectivity index (χ0v) is 14.1. The second-order valence-corrected chi connectivity index (χ2v) is 6.45. The fraction of sp³-hybridized carbons (Fsp3) is 0.250. The molecule has 2 aliphatic heterocycles. The van der Waals surface area contributed by atoms with Crippen molar-refractivity contribution >= 4 is 55.2 Å². The van der Waals surface area contributed by atoms with Crippen molar-refractivity contribution in [3.63, 3.8) is 0 Å². The summed E-state index contributed by atoms with van der Waals surface area (Å²) >= 11 is 6.78.